The van der Waals surface area contributed by atoms with Crippen molar-refractivity contribution in [2.24, 2.45) is 14.1 Å². The Kier molecular flexibility index (Phi) is 7.88. The largest absolute Gasteiger partial charge is 0.382 e. The molecule has 0 aromatic carbocycles. The molecule has 0 saturated carbocycles. The molecule has 0 aliphatic carbocycles. The Balaban J connectivity index is 0.000000137. The molecule has 0 radical (unpaired) electrons. The molecule has 3 N–H and O–H groups in total. The average Bonchev–Trinajstić information content (AvgIpc) is 3.58. The topological polar surface area (TPSA) is 108 Å². The molecule has 10 nitrogen and oxygen atoms in total. The summed E-state index contributed by atoms with van der Waals surface area (Å²) in [7, 11) is 3.72. The van der Waals surface area contributed by atoms with Crippen molar-refractivity contribution in [2.45, 2.75) is 0 Å². The third-order valence-corrected chi connectivity index (χ3v) is 6.02. The second kappa shape index (κ2) is 11.1. The van der Waals surface area contributed by atoms with Crippen molar-refractivity contribution in [3.8, 4) is 0 Å². The number of aromatic nitrogens is 8. The molecule has 6 heterocycles. The number of imidazole rings is 2. The first-order valence-electron chi connectivity index (χ1n) is 10.2. The van der Waals surface area contributed by atoms with Crippen LogP contribution in [0.1, 0.15) is 0 Å². The van der Waals surface area contributed by atoms with Crippen LogP contribution < -0.4 is 11.1 Å². The van der Waals surface area contributed by atoms with Gasteiger partial charge in [-0.1, -0.05) is 0 Å². The van der Waals surface area contributed by atoms with Crippen molar-refractivity contribution in [3.05, 3.63) is 87.3 Å². The summed E-state index contributed by atoms with van der Waals surface area (Å²) in [6, 6.07) is 7.62. The molecule has 0 fully saturated rings. The zero-order chi connectivity index (χ0) is 24.9. The Morgan fingerprint density at radius 2 is 1.37 bits per heavy atom. The highest BCUT2D eigenvalue weighted by molar-refractivity contribution is 9.11. The van der Waals surface area contributed by atoms with Gasteiger partial charge in [-0.2, -0.15) is 10.2 Å². The van der Waals surface area contributed by atoms with Gasteiger partial charge in [0.1, 0.15) is 5.82 Å². The summed E-state index contributed by atoms with van der Waals surface area (Å²) in [6.45, 7) is 0. The number of anilines is 3. The molecule has 6 aromatic heterocycles. The average molecular weight is 665 g/mol. The van der Waals surface area contributed by atoms with Gasteiger partial charge >= 0.3 is 0 Å². The maximum Gasteiger partial charge on any atom is 0.160 e. The van der Waals surface area contributed by atoms with E-state index in [4.69, 9.17) is 5.73 Å². The zero-order valence-electron chi connectivity index (χ0n) is 18.7. The van der Waals surface area contributed by atoms with Gasteiger partial charge in [0, 0.05) is 78.7 Å². The summed E-state index contributed by atoms with van der Waals surface area (Å²) >= 11 is 10.3. The Hall–Kier alpha value is -3.16. The van der Waals surface area contributed by atoms with E-state index in [-0.39, 0.29) is 0 Å². The predicted molar refractivity (Wildman–Crippen MR) is 148 cm³/mol. The third kappa shape index (κ3) is 6.50. The molecule has 0 spiro atoms. The summed E-state index contributed by atoms with van der Waals surface area (Å²) in [5.41, 5.74) is 7.98. The van der Waals surface area contributed by atoms with E-state index < -0.39 is 0 Å². The first-order chi connectivity index (χ1) is 16.8. The highest BCUT2D eigenvalue weighted by Crippen LogP contribution is 2.24. The maximum absolute atomic E-state index is 5.25. The number of halogens is 3. The van der Waals surface area contributed by atoms with E-state index in [1.807, 2.05) is 72.1 Å². The van der Waals surface area contributed by atoms with E-state index in [0.29, 0.717) is 5.82 Å². The van der Waals surface area contributed by atoms with E-state index in [1.54, 1.807) is 34.0 Å². The van der Waals surface area contributed by atoms with Crippen molar-refractivity contribution < 1.29 is 0 Å². The highest BCUT2D eigenvalue weighted by atomic mass is 79.9. The second-order valence-electron chi connectivity index (χ2n) is 7.31. The number of aryl methyl sites for hydroxylation is 2. The molecule has 35 heavy (non-hydrogen) atoms. The number of rotatable bonds is 2. The van der Waals surface area contributed by atoms with Crippen molar-refractivity contribution in [1.82, 2.24) is 38.3 Å². The molecule has 180 valence electrons. The molecule has 0 bridgehead atoms. The molecule has 6 rings (SSSR count). The fourth-order valence-corrected chi connectivity index (χ4v) is 4.86. The third-order valence-electron chi connectivity index (χ3n) is 4.57. The fourth-order valence-electron chi connectivity index (χ4n) is 3.10. The van der Waals surface area contributed by atoms with Crippen LogP contribution in [0, 0.1) is 0 Å². The Labute approximate surface area is 226 Å². The van der Waals surface area contributed by atoms with Crippen LogP contribution in [-0.2, 0) is 14.1 Å². The highest BCUT2D eigenvalue weighted by Gasteiger charge is 2.06. The Morgan fingerprint density at radius 1 is 0.771 bits per heavy atom. The quantitative estimate of drug-likeness (QED) is 0.256. The van der Waals surface area contributed by atoms with E-state index >= 15 is 0 Å². The lowest BCUT2D eigenvalue weighted by molar-refractivity contribution is 0.771. The Morgan fingerprint density at radius 3 is 1.94 bits per heavy atom. The van der Waals surface area contributed by atoms with Gasteiger partial charge in [-0.25, -0.2) is 9.97 Å². The molecular formula is C22H21Br3N10. The van der Waals surface area contributed by atoms with Crippen LogP contribution in [0.15, 0.2) is 87.3 Å². The van der Waals surface area contributed by atoms with E-state index in [1.165, 1.54) is 0 Å². The minimum atomic E-state index is 0.572. The summed E-state index contributed by atoms with van der Waals surface area (Å²) in [6.07, 6.45) is 15.0. The van der Waals surface area contributed by atoms with E-state index in [9.17, 15) is 0 Å². The number of nitrogens with zero attached hydrogens (tertiary/aromatic N) is 8. The summed E-state index contributed by atoms with van der Waals surface area (Å²) < 4.78 is 10.3. The van der Waals surface area contributed by atoms with E-state index in [2.05, 4.69) is 73.3 Å². The summed E-state index contributed by atoms with van der Waals surface area (Å²) in [5.74, 6) is 1.37. The smallest absolute Gasteiger partial charge is 0.160 e. The molecule has 6 aromatic rings. The van der Waals surface area contributed by atoms with Gasteiger partial charge in [-0.15, -0.1) is 0 Å². The zero-order valence-corrected chi connectivity index (χ0v) is 23.5. The molecule has 13 heteroatoms. The van der Waals surface area contributed by atoms with Crippen LogP contribution in [-0.4, -0.2) is 38.3 Å². The summed E-state index contributed by atoms with van der Waals surface area (Å²) in [5, 5.41) is 11.3. The molecule has 0 saturated heterocycles. The van der Waals surface area contributed by atoms with Crippen LogP contribution in [0.4, 0.5) is 17.3 Å². The van der Waals surface area contributed by atoms with Gasteiger partial charge in [0.25, 0.3) is 0 Å². The minimum absolute atomic E-state index is 0.572. The van der Waals surface area contributed by atoms with Gasteiger partial charge < -0.3 is 19.9 Å². The Bertz CT molecular complexity index is 1550. The van der Waals surface area contributed by atoms with Gasteiger partial charge in [0.2, 0.25) is 0 Å². The standard InChI is InChI=1S/C11H10BrN5.C7H4Br2N2.C4H7N3/c1-16-4-2-10(15-16)14-9-6-8(12)7-17-5-3-13-11(9)17;8-5-3-6(9)7-10-1-2-11(7)4-5;1-7-3-2-4(5)6-7/h2-7H,1H3,(H,14,15);1-4H;2-3H,1H3,(H2,5,6). The number of nitrogens with two attached hydrogens (primary N) is 1. The first kappa shape index (κ1) is 24.9. The van der Waals surface area contributed by atoms with Crippen molar-refractivity contribution in [2.75, 3.05) is 11.1 Å². The summed E-state index contributed by atoms with van der Waals surface area (Å²) in [4.78, 5) is 8.46. The van der Waals surface area contributed by atoms with Crippen LogP contribution in [0.3, 0.4) is 0 Å². The molecule has 0 aliphatic heterocycles. The number of fused-ring (bicyclic) bond motifs is 2. The van der Waals surface area contributed by atoms with Gasteiger partial charge in [0.05, 0.1) is 10.2 Å². The minimum Gasteiger partial charge on any atom is -0.382 e. The van der Waals surface area contributed by atoms with Gasteiger partial charge in [0.15, 0.2) is 17.1 Å². The number of pyridine rings is 2. The van der Waals surface area contributed by atoms with Gasteiger partial charge in [-0.05, 0) is 66.0 Å². The van der Waals surface area contributed by atoms with Crippen LogP contribution in [0.25, 0.3) is 11.3 Å². The molecule has 0 aliphatic rings. The maximum atomic E-state index is 5.25. The normalized spacial score (nSPS) is 10.5. The number of nitrogens with one attached hydrogen (secondary N) is 1. The SMILES string of the molecule is Brc1cc(Br)c2nccn2c1.Cn1ccc(N)n1.Cn1ccc(Nc2cc(Br)cn3ccnc23)n1. The van der Waals surface area contributed by atoms with Crippen LogP contribution in [0.5, 0.6) is 0 Å². The molecular weight excluding hydrogens is 644 g/mol. The molecule has 0 amide bonds. The molecule has 0 atom stereocenters. The fraction of sp³-hybridized carbons (Fsp3) is 0.0909. The molecule has 0 unspecified atom stereocenters. The number of hydrogen-bond acceptors (Lipinski definition) is 6. The lowest BCUT2D eigenvalue weighted by Crippen LogP contribution is -1.97. The van der Waals surface area contributed by atoms with Crippen molar-refractivity contribution >= 4 is 76.4 Å². The van der Waals surface area contributed by atoms with Crippen molar-refractivity contribution in [3.63, 3.8) is 0 Å². The number of nitrogen functional groups attached to an aromatic ring is 1. The first-order valence-corrected chi connectivity index (χ1v) is 12.6. The van der Waals surface area contributed by atoms with Crippen LogP contribution >= 0.6 is 47.8 Å². The van der Waals surface area contributed by atoms with Gasteiger partial charge in [-0.3, -0.25) is 9.36 Å². The predicted octanol–water partition coefficient (Wildman–Crippen LogP) is 5.44. The van der Waals surface area contributed by atoms with Crippen LogP contribution in [0.2, 0.25) is 0 Å². The lowest BCUT2D eigenvalue weighted by Gasteiger charge is -2.05. The monoisotopic (exact) mass is 662 g/mol. The van der Waals surface area contributed by atoms with E-state index in [0.717, 1.165) is 36.2 Å². The van der Waals surface area contributed by atoms with Crippen molar-refractivity contribution in [1.29, 1.82) is 0 Å². The second-order valence-corrected chi connectivity index (χ2v) is 9.99. The number of hydrogen-bond donors (Lipinski definition) is 2. The lowest BCUT2D eigenvalue weighted by atomic mass is 10.4.